The van der Waals surface area contributed by atoms with Crippen molar-refractivity contribution in [3.8, 4) is 17.2 Å². The number of esters is 3. The first-order chi connectivity index (χ1) is 51.1. The van der Waals surface area contributed by atoms with Crippen molar-refractivity contribution in [2.75, 3.05) is 19.8 Å². The lowest BCUT2D eigenvalue weighted by molar-refractivity contribution is -0.148. The van der Waals surface area contributed by atoms with Gasteiger partial charge in [0, 0.05) is 0 Å². The summed E-state index contributed by atoms with van der Waals surface area (Å²) in [5.74, 6) is 6.14. The first-order valence-electron chi connectivity index (χ1n) is 40.3. The van der Waals surface area contributed by atoms with E-state index >= 15 is 0 Å². The van der Waals surface area contributed by atoms with Crippen molar-refractivity contribution in [2.24, 2.45) is 59.2 Å². The van der Waals surface area contributed by atoms with Crippen molar-refractivity contribution >= 4 is 17.9 Å². The summed E-state index contributed by atoms with van der Waals surface area (Å²) in [5.41, 5.74) is 10.4. The van der Waals surface area contributed by atoms with E-state index in [9.17, 15) is 39.9 Å². The van der Waals surface area contributed by atoms with Gasteiger partial charge in [0.25, 0.3) is 0 Å². The van der Waals surface area contributed by atoms with Gasteiger partial charge in [-0.05, 0) is 243 Å². The highest BCUT2D eigenvalue weighted by Crippen LogP contribution is 2.53. The molecule has 0 heterocycles. The third-order valence-corrected chi connectivity index (χ3v) is 24.1. The molecule has 0 bridgehead atoms. The molecular weight excluding hydrogens is 1370 g/mol. The monoisotopic (exact) mass is 1500 g/mol. The minimum atomic E-state index is -0.381. The summed E-state index contributed by atoms with van der Waals surface area (Å²) in [7, 11) is 0. The van der Waals surface area contributed by atoms with Crippen LogP contribution in [0.5, 0.6) is 17.2 Å². The molecule has 12 rings (SSSR count). The van der Waals surface area contributed by atoms with Crippen molar-refractivity contribution in [1.82, 2.24) is 0 Å². The third kappa shape index (κ3) is 27.1. The van der Waals surface area contributed by atoms with Crippen LogP contribution in [-0.2, 0) is 86.9 Å². The third-order valence-electron chi connectivity index (χ3n) is 24.1. The number of aliphatic hydroxyl groups excluding tert-OH is 5. The summed E-state index contributed by atoms with van der Waals surface area (Å²) < 4.78 is 33.9. The highest BCUT2D eigenvalue weighted by atomic mass is 16.6. The second-order valence-electron chi connectivity index (χ2n) is 31.5. The Labute approximate surface area is 655 Å². The van der Waals surface area contributed by atoms with Crippen LogP contribution in [0.1, 0.15) is 242 Å². The van der Waals surface area contributed by atoms with Gasteiger partial charge in [-0.1, -0.05) is 243 Å². The fourth-order valence-corrected chi connectivity index (χ4v) is 18.4. The van der Waals surface area contributed by atoms with Crippen LogP contribution in [0.25, 0.3) is 0 Å². The molecule has 0 amide bonds. The molecule has 3 saturated carbocycles. The van der Waals surface area contributed by atoms with Gasteiger partial charge in [0.05, 0.1) is 30.5 Å². The largest absolute Gasteiger partial charge is 0.482 e. The molecule has 109 heavy (non-hydrogen) atoms. The molecular formula is C95H138O14. The summed E-state index contributed by atoms with van der Waals surface area (Å²) in [6.07, 6.45) is 25.7. The molecule has 14 heteroatoms. The van der Waals surface area contributed by atoms with Crippen molar-refractivity contribution in [2.45, 2.75) is 281 Å². The summed E-state index contributed by atoms with van der Waals surface area (Å²) in [6.45, 7) is 9.43. The topological polar surface area (TPSA) is 208 Å². The van der Waals surface area contributed by atoms with Gasteiger partial charge in [-0.2, -0.15) is 0 Å². The van der Waals surface area contributed by atoms with Gasteiger partial charge in [-0.15, -0.1) is 0 Å². The molecule has 0 spiro atoms. The number of carbonyl (C=O) groups is 3. The van der Waals surface area contributed by atoms with E-state index in [1.807, 2.05) is 121 Å². The van der Waals surface area contributed by atoms with Gasteiger partial charge in [0.1, 0.15) is 37.1 Å². The first kappa shape index (κ1) is 90.8. The molecule has 0 unspecified atom stereocenters. The zero-order valence-corrected chi connectivity index (χ0v) is 63.3. The molecule has 0 saturated heterocycles. The smallest absolute Gasteiger partial charge is 0.344 e. The quantitative estimate of drug-likeness (QED) is 0.0141. The molecule has 14 nitrogen and oxygen atoms in total. The predicted molar refractivity (Wildman–Crippen MR) is 438 cm³/mol. The fourth-order valence-electron chi connectivity index (χ4n) is 18.4. The molecule has 602 valence electrons. The number of ether oxygens (including phenoxy) is 6. The predicted octanol–water partition coefficient (Wildman–Crippen LogP) is 19.5. The Balaban J connectivity index is 0.000000251. The van der Waals surface area contributed by atoms with Crippen molar-refractivity contribution < 1.29 is 68.3 Å². The molecule has 6 aromatic rings. The normalized spacial score (nSPS) is 23.0. The summed E-state index contributed by atoms with van der Waals surface area (Å²) in [6, 6.07) is 47.4. The Bertz CT molecular complexity index is 3200. The van der Waals surface area contributed by atoms with Crippen LogP contribution >= 0.6 is 0 Å². The number of fused-ring (bicyclic) bond motifs is 6. The first-order valence-corrected chi connectivity index (χ1v) is 40.3. The van der Waals surface area contributed by atoms with Gasteiger partial charge in [-0.3, -0.25) is 0 Å². The summed E-state index contributed by atoms with van der Waals surface area (Å²) in [4.78, 5) is 36.7. The number of benzene rings is 6. The highest BCUT2D eigenvalue weighted by molar-refractivity contribution is 5.72. The van der Waals surface area contributed by atoms with Gasteiger partial charge in [0.15, 0.2) is 19.8 Å². The second-order valence-corrected chi connectivity index (χ2v) is 31.5. The zero-order chi connectivity index (χ0) is 73.9. The average molecular weight is 1500 g/mol. The van der Waals surface area contributed by atoms with Gasteiger partial charge in [0.2, 0.25) is 0 Å². The average Bonchev–Trinajstić information content (AvgIpc) is 1.66. The van der Waals surface area contributed by atoms with E-state index in [1.165, 1.54) is 54.4 Å². The Morgan fingerprint density at radius 2 is 0.661 bits per heavy atom. The Morgan fingerprint density at radius 1 is 0.367 bits per heavy atom. The van der Waals surface area contributed by atoms with Gasteiger partial charge < -0.3 is 54.0 Å². The van der Waals surface area contributed by atoms with E-state index in [1.54, 1.807) is 0 Å². The number of rotatable bonds is 36. The van der Waals surface area contributed by atoms with Crippen LogP contribution in [0.4, 0.5) is 0 Å². The SMILES string of the molecule is C.C.C.C.CCCCC[C@H](O)CC[C@@H]1[C@H]2Cc3cccc(OCC(=O)OCc4ccccc4)c3C[C@H]2C[C@H]1C.CCCCC[C@H](O)CC[C@@H]1[C@H]2Cc3cccc(OCC(=O)OCc4ccccc4)c3C[C@H]2C[C@H]1O.CCCCC[C@H](O)CC[C@@H]1[C@H]2Cc3cccc(OCC(=O)OCc4ccccc4)c3C[C@H]2C[C@H]1O. The lowest BCUT2D eigenvalue weighted by Gasteiger charge is -2.33. The summed E-state index contributed by atoms with van der Waals surface area (Å²) >= 11 is 0. The van der Waals surface area contributed by atoms with Gasteiger partial charge >= 0.3 is 17.9 Å². The molecule has 6 aliphatic rings. The maximum absolute atomic E-state index is 12.3. The zero-order valence-electron chi connectivity index (χ0n) is 63.3. The maximum atomic E-state index is 12.3. The van der Waals surface area contributed by atoms with Crippen LogP contribution in [0.2, 0.25) is 0 Å². The Kier molecular flexibility index (Phi) is 39.4. The second kappa shape index (κ2) is 47.3. The van der Waals surface area contributed by atoms with Crippen LogP contribution < -0.4 is 14.2 Å². The van der Waals surface area contributed by atoms with E-state index in [2.05, 4.69) is 52.0 Å². The van der Waals surface area contributed by atoms with E-state index in [4.69, 9.17) is 28.4 Å². The number of hydrogen-bond donors (Lipinski definition) is 5. The molecule has 15 atom stereocenters. The number of unbranched alkanes of at least 4 members (excludes halogenated alkanes) is 6. The van der Waals surface area contributed by atoms with Gasteiger partial charge in [-0.25, -0.2) is 14.4 Å². The molecule has 5 N–H and O–H groups in total. The molecule has 6 aliphatic carbocycles. The number of aliphatic hydroxyl groups is 5. The Morgan fingerprint density at radius 3 is 0.972 bits per heavy atom. The van der Waals surface area contributed by atoms with Crippen LogP contribution in [0.3, 0.4) is 0 Å². The lowest BCUT2D eigenvalue weighted by Crippen LogP contribution is -2.28. The molecule has 3 fully saturated rings. The molecule has 0 aliphatic heterocycles. The number of carbonyl (C=O) groups excluding carboxylic acids is 3. The van der Waals surface area contributed by atoms with E-state index in [-0.39, 0.29) is 130 Å². The van der Waals surface area contributed by atoms with Crippen molar-refractivity contribution in [3.63, 3.8) is 0 Å². The van der Waals surface area contributed by atoms with E-state index in [0.717, 1.165) is 186 Å². The van der Waals surface area contributed by atoms with Crippen LogP contribution in [0, 0.1) is 59.2 Å². The van der Waals surface area contributed by atoms with E-state index in [0.29, 0.717) is 47.3 Å². The molecule has 0 aromatic heterocycles. The minimum Gasteiger partial charge on any atom is -0.482 e. The standard InChI is InChI=1S/C31H42O4.2C30H40O5.4CH4/c1-3-4-6-13-26(32)15-16-27-22(2)17-25-19-29-24(18-28(25)27)12-9-14-30(29)34-21-31(33)35-20-23-10-7-5-8-11-23;2*1-2-3-5-12-24(31)14-15-25-26-16-22-11-8-13-29(27(22)17-23(26)18-28(25)32)34-20-30(33)35-19-21-9-6-4-7-10-21;;;;/h5,7-12,14,22,25-28,32H,3-4,6,13,15-21H2,1-2H3;2*4,6-11,13,23-26,28,31-32H,2-3,5,12,14-20H2,1H3;4*1H4/t22-,25-,26+,27+,28+;2*23-,24-,25+,26-,28+;;;;/m100..../s1. The maximum Gasteiger partial charge on any atom is 0.344 e. The van der Waals surface area contributed by atoms with Crippen LogP contribution in [-0.4, -0.2) is 93.8 Å². The van der Waals surface area contributed by atoms with Crippen molar-refractivity contribution in [1.29, 1.82) is 0 Å². The summed E-state index contributed by atoms with van der Waals surface area (Å²) in [5, 5.41) is 52.9. The Hall–Kier alpha value is -7.07. The van der Waals surface area contributed by atoms with Crippen molar-refractivity contribution in [3.05, 3.63) is 196 Å². The fraction of sp³-hybridized carbons (Fsp3) is 0.589. The molecule has 6 aromatic carbocycles. The minimum absolute atomic E-state index is 0. The number of hydrogen-bond acceptors (Lipinski definition) is 14. The molecule has 0 radical (unpaired) electrons. The highest BCUT2D eigenvalue weighted by Gasteiger charge is 2.47. The van der Waals surface area contributed by atoms with Crippen LogP contribution in [0.15, 0.2) is 146 Å². The van der Waals surface area contributed by atoms with E-state index < -0.39 is 0 Å². The lowest BCUT2D eigenvalue weighted by atomic mass is 9.73.